The highest BCUT2D eigenvalue weighted by atomic mass is 35.5. The molecule has 0 bridgehead atoms. The highest BCUT2D eigenvalue weighted by molar-refractivity contribution is 6.33. The second-order valence-electron chi connectivity index (χ2n) is 7.12. The lowest BCUT2D eigenvalue weighted by Crippen LogP contribution is -2.44. The Hall–Kier alpha value is -2.08. The molecule has 7 heteroatoms. The molecule has 2 rings (SSSR count). The van der Waals surface area contributed by atoms with Gasteiger partial charge in [0.25, 0.3) is 5.91 Å². The molecule has 0 unspecified atom stereocenters. The molecule has 0 aromatic heterocycles. The van der Waals surface area contributed by atoms with E-state index >= 15 is 0 Å². The molecule has 1 aromatic carbocycles. The van der Waals surface area contributed by atoms with Crippen molar-refractivity contribution >= 4 is 35.1 Å². The SMILES string of the molecule is Cc1ccc(NC(=O)CN2C(=O)N[C@](C)(CCC(C)C)C2=O)c(Cl)c1. The van der Waals surface area contributed by atoms with Crippen molar-refractivity contribution in [2.75, 3.05) is 11.9 Å². The van der Waals surface area contributed by atoms with Crippen LogP contribution in [0.25, 0.3) is 0 Å². The van der Waals surface area contributed by atoms with Crippen LogP contribution in [0.15, 0.2) is 18.2 Å². The second-order valence-corrected chi connectivity index (χ2v) is 7.52. The first-order valence-corrected chi connectivity index (χ1v) is 8.70. The quantitative estimate of drug-likeness (QED) is 0.759. The van der Waals surface area contributed by atoms with E-state index in [-0.39, 0.29) is 12.5 Å². The zero-order valence-electron chi connectivity index (χ0n) is 15.0. The molecular formula is C18H24ClN3O3. The second kappa shape index (κ2) is 7.44. The number of nitrogens with zero attached hydrogens (tertiary/aromatic N) is 1. The Morgan fingerprint density at radius 3 is 2.64 bits per heavy atom. The van der Waals surface area contributed by atoms with Crippen LogP contribution in [-0.4, -0.2) is 34.8 Å². The Morgan fingerprint density at radius 1 is 1.36 bits per heavy atom. The first-order chi connectivity index (χ1) is 11.6. The van der Waals surface area contributed by atoms with Crippen LogP contribution >= 0.6 is 11.6 Å². The van der Waals surface area contributed by atoms with Gasteiger partial charge in [-0.1, -0.05) is 31.5 Å². The fourth-order valence-corrected chi connectivity index (χ4v) is 2.97. The van der Waals surface area contributed by atoms with Crippen molar-refractivity contribution in [3.8, 4) is 0 Å². The molecule has 0 radical (unpaired) electrons. The number of imide groups is 1. The van der Waals surface area contributed by atoms with Gasteiger partial charge in [-0.25, -0.2) is 4.79 Å². The molecule has 0 aliphatic carbocycles. The highest BCUT2D eigenvalue weighted by Crippen LogP contribution is 2.25. The van der Waals surface area contributed by atoms with Crippen LogP contribution in [0.5, 0.6) is 0 Å². The van der Waals surface area contributed by atoms with E-state index < -0.39 is 17.5 Å². The molecule has 0 spiro atoms. The molecule has 0 saturated carbocycles. The molecule has 2 N–H and O–H groups in total. The molecule has 1 saturated heterocycles. The third-order valence-electron chi connectivity index (χ3n) is 4.27. The zero-order valence-corrected chi connectivity index (χ0v) is 15.7. The van der Waals surface area contributed by atoms with Gasteiger partial charge in [0.2, 0.25) is 5.91 Å². The molecule has 1 aliphatic heterocycles. The summed E-state index contributed by atoms with van der Waals surface area (Å²) in [5.41, 5.74) is 0.466. The van der Waals surface area contributed by atoms with E-state index in [9.17, 15) is 14.4 Å². The number of hydrogen-bond acceptors (Lipinski definition) is 3. The predicted octanol–water partition coefficient (Wildman–Crippen LogP) is 3.33. The number of anilines is 1. The van der Waals surface area contributed by atoms with Gasteiger partial charge in [0, 0.05) is 0 Å². The van der Waals surface area contributed by atoms with Crippen molar-refractivity contribution in [3.05, 3.63) is 28.8 Å². The van der Waals surface area contributed by atoms with Crippen molar-refractivity contribution in [2.45, 2.75) is 46.1 Å². The number of carbonyl (C=O) groups excluding carboxylic acids is 3. The van der Waals surface area contributed by atoms with Crippen LogP contribution in [-0.2, 0) is 9.59 Å². The van der Waals surface area contributed by atoms with Gasteiger partial charge in [0.05, 0.1) is 10.7 Å². The number of halogens is 1. The molecule has 25 heavy (non-hydrogen) atoms. The van der Waals surface area contributed by atoms with E-state index in [1.165, 1.54) is 0 Å². The first kappa shape index (κ1) is 19.2. The summed E-state index contributed by atoms with van der Waals surface area (Å²) in [5, 5.41) is 5.75. The van der Waals surface area contributed by atoms with Crippen LogP contribution in [0.1, 0.15) is 39.2 Å². The van der Waals surface area contributed by atoms with Crippen LogP contribution in [0, 0.1) is 12.8 Å². The van der Waals surface area contributed by atoms with Gasteiger partial charge in [-0.2, -0.15) is 0 Å². The third-order valence-corrected chi connectivity index (χ3v) is 4.58. The normalized spacial score (nSPS) is 20.2. The van der Waals surface area contributed by atoms with E-state index in [1.54, 1.807) is 19.1 Å². The Morgan fingerprint density at radius 2 is 2.04 bits per heavy atom. The summed E-state index contributed by atoms with van der Waals surface area (Å²) in [6.07, 6.45) is 1.35. The highest BCUT2D eigenvalue weighted by Gasteiger charge is 2.47. The molecule has 6 nitrogen and oxygen atoms in total. The van der Waals surface area contributed by atoms with Crippen molar-refractivity contribution < 1.29 is 14.4 Å². The number of hydrogen-bond donors (Lipinski definition) is 2. The summed E-state index contributed by atoms with van der Waals surface area (Å²) in [6.45, 7) is 7.36. The maximum Gasteiger partial charge on any atom is 0.325 e. The van der Waals surface area contributed by atoms with E-state index in [0.29, 0.717) is 23.0 Å². The number of rotatable bonds is 6. The minimum Gasteiger partial charge on any atom is -0.323 e. The lowest BCUT2D eigenvalue weighted by atomic mass is 9.92. The Labute approximate surface area is 152 Å². The van der Waals surface area contributed by atoms with Gasteiger partial charge in [-0.15, -0.1) is 0 Å². The zero-order chi connectivity index (χ0) is 18.8. The smallest absolute Gasteiger partial charge is 0.323 e. The van der Waals surface area contributed by atoms with Crippen LogP contribution in [0.2, 0.25) is 5.02 Å². The van der Waals surface area contributed by atoms with Crippen molar-refractivity contribution in [1.82, 2.24) is 10.2 Å². The number of carbonyl (C=O) groups is 3. The number of urea groups is 1. The average molecular weight is 366 g/mol. The number of nitrogens with one attached hydrogen (secondary N) is 2. The predicted molar refractivity (Wildman–Crippen MR) is 97.5 cm³/mol. The van der Waals surface area contributed by atoms with Crippen LogP contribution in [0.3, 0.4) is 0 Å². The Kier molecular flexibility index (Phi) is 5.72. The largest absolute Gasteiger partial charge is 0.325 e. The molecule has 1 atom stereocenters. The third kappa shape index (κ3) is 4.51. The summed E-state index contributed by atoms with van der Waals surface area (Å²) < 4.78 is 0. The minimum atomic E-state index is -0.955. The molecule has 4 amide bonds. The fourth-order valence-electron chi connectivity index (χ4n) is 2.69. The molecule has 136 valence electrons. The van der Waals surface area contributed by atoms with E-state index in [4.69, 9.17) is 11.6 Å². The summed E-state index contributed by atoms with van der Waals surface area (Å²) in [4.78, 5) is 37.9. The number of aryl methyl sites for hydroxylation is 1. The van der Waals surface area contributed by atoms with E-state index in [0.717, 1.165) is 16.9 Å². The fraction of sp³-hybridized carbons (Fsp3) is 0.500. The number of benzene rings is 1. The van der Waals surface area contributed by atoms with Gasteiger partial charge in [0.15, 0.2) is 0 Å². The molecule has 1 heterocycles. The van der Waals surface area contributed by atoms with Crippen LogP contribution < -0.4 is 10.6 Å². The van der Waals surface area contributed by atoms with Crippen molar-refractivity contribution in [1.29, 1.82) is 0 Å². The Bertz CT molecular complexity index is 705. The monoisotopic (exact) mass is 365 g/mol. The van der Waals surface area contributed by atoms with Gasteiger partial charge in [0.1, 0.15) is 12.1 Å². The standard InChI is InChI=1S/C18H24ClN3O3/c1-11(2)7-8-18(4)16(24)22(17(25)21-18)10-15(23)20-14-6-5-12(3)9-13(14)19/h5-6,9,11H,7-8,10H2,1-4H3,(H,20,23)(H,21,25)/t18-/m1/s1. The maximum absolute atomic E-state index is 12.6. The molecule has 1 fully saturated rings. The molecular weight excluding hydrogens is 342 g/mol. The summed E-state index contributed by atoms with van der Waals surface area (Å²) in [6, 6.07) is 4.70. The van der Waals surface area contributed by atoms with Gasteiger partial charge < -0.3 is 10.6 Å². The lowest BCUT2D eigenvalue weighted by molar-refractivity contribution is -0.133. The summed E-state index contributed by atoms with van der Waals surface area (Å²) in [5.74, 6) is -0.423. The van der Waals surface area contributed by atoms with E-state index in [2.05, 4.69) is 24.5 Å². The summed E-state index contributed by atoms with van der Waals surface area (Å²) in [7, 11) is 0. The maximum atomic E-state index is 12.6. The molecule has 1 aliphatic rings. The average Bonchev–Trinajstić information content (AvgIpc) is 2.72. The minimum absolute atomic E-state index is 0.341. The molecule has 1 aromatic rings. The van der Waals surface area contributed by atoms with Crippen molar-refractivity contribution in [3.63, 3.8) is 0 Å². The van der Waals surface area contributed by atoms with Crippen molar-refractivity contribution in [2.24, 2.45) is 5.92 Å². The topological polar surface area (TPSA) is 78.5 Å². The lowest BCUT2D eigenvalue weighted by Gasteiger charge is -2.22. The summed E-state index contributed by atoms with van der Waals surface area (Å²) >= 11 is 6.09. The van der Waals surface area contributed by atoms with Gasteiger partial charge in [-0.3, -0.25) is 14.5 Å². The van der Waals surface area contributed by atoms with E-state index in [1.807, 2.05) is 13.0 Å². The Balaban J connectivity index is 2.03. The number of amides is 4. The van der Waals surface area contributed by atoms with Gasteiger partial charge in [-0.05, 0) is 50.3 Å². The van der Waals surface area contributed by atoms with Crippen LogP contribution in [0.4, 0.5) is 10.5 Å². The van der Waals surface area contributed by atoms with Gasteiger partial charge >= 0.3 is 6.03 Å². The first-order valence-electron chi connectivity index (χ1n) is 8.32.